The van der Waals surface area contributed by atoms with Crippen LogP contribution < -0.4 is 0 Å². The van der Waals surface area contributed by atoms with Crippen LogP contribution in [0.15, 0.2) is 0 Å². The van der Waals surface area contributed by atoms with Crippen molar-refractivity contribution in [2.75, 3.05) is 0 Å². The van der Waals surface area contributed by atoms with Gasteiger partial charge in [-0.05, 0) is 0 Å². The Kier molecular flexibility index (Phi) is 20.0. The first-order valence-electron chi connectivity index (χ1n) is 2.05. The molecule has 17 heavy (non-hydrogen) atoms. The molecule has 0 bridgehead atoms. The molecular weight excluding hydrogens is 331 g/mol. The van der Waals surface area contributed by atoms with Gasteiger partial charge in [-0.3, -0.25) is 13.7 Å². The van der Waals surface area contributed by atoms with Crippen molar-refractivity contribution in [3.63, 3.8) is 0 Å². The van der Waals surface area contributed by atoms with Crippen molar-refractivity contribution >= 4 is 48.6 Å². The number of hydrogen-bond acceptors (Lipinski definition) is 9. The first kappa shape index (κ1) is 30.3. The second-order valence-corrected chi connectivity index (χ2v) is 3.85. The van der Waals surface area contributed by atoms with Gasteiger partial charge in [0.15, 0.2) is 0 Å². The minimum atomic E-state index is -4.92. The summed E-state index contributed by atoms with van der Waals surface area (Å²) in [6.07, 6.45) is 0. The predicted octanol–water partition coefficient (Wildman–Crippen LogP) is -4.19. The van der Waals surface area contributed by atoms with Gasteiger partial charge in [0, 0.05) is 0 Å². The van der Waals surface area contributed by atoms with Gasteiger partial charge in [-0.2, -0.15) is 0 Å². The summed E-state index contributed by atoms with van der Waals surface area (Å²) in [4.78, 5) is 0. The summed E-state index contributed by atoms with van der Waals surface area (Å²) in [5.74, 6) is 0. The predicted molar refractivity (Wildman–Crippen MR) is 46.3 cm³/mol. The Morgan fingerprint density at radius 3 is 0.588 bits per heavy atom. The molecule has 0 aromatic rings. The smallest absolute Gasteiger partial charge is 0.726 e. The molecule has 0 saturated heterocycles. The molecule has 0 rings (SSSR count). The van der Waals surface area contributed by atoms with Crippen molar-refractivity contribution in [1.29, 1.82) is 0 Å². The van der Waals surface area contributed by atoms with E-state index in [1.165, 1.54) is 0 Å². The molecule has 104 valence electrons. The standard InChI is InChI=1S/Al.3H2O4S.H2O/c;3*1-5(2,3)4;/h;3*(H2,1,2,3,4);1H2/q+3;;;;/p-3. The van der Waals surface area contributed by atoms with Crippen molar-refractivity contribution in [2.24, 2.45) is 0 Å². The van der Waals surface area contributed by atoms with E-state index >= 15 is 0 Å². The largest absolute Gasteiger partial charge is 3.00 e. The summed E-state index contributed by atoms with van der Waals surface area (Å²) < 4.78 is 98.5. The molecule has 0 spiro atoms. The van der Waals surface area contributed by atoms with Crippen LogP contribution in [0.4, 0.5) is 0 Å². The van der Waals surface area contributed by atoms with Crippen molar-refractivity contribution < 1.29 is 58.0 Å². The molecule has 0 aliphatic rings. The van der Waals surface area contributed by atoms with Gasteiger partial charge in [-0.1, -0.05) is 0 Å². The van der Waals surface area contributed by atoms with E-state index in [4.69, 9.17) is 52.6 Å². The Morgan fingerprint density at radius 2 is 0.588 bits per heavy atom. The first-order chi connectivity index (χ1) is 6.00. The van der Waals surface area contributed by atoms with Crippen LogP contribution in [0.5, 0.6) is 0 Å². The molecule has 0 aromatic carbocycles. The van der Waals surface area contributed by atoms with E-state index in [0.29, 0.717) is 0 Å². The van der Waals surface area contributed by atoms with Crippen molar-refractivity contribution in [2.45, 2.75) is 0 Å². The van der Waals surface area contributed by atoms with Gasteiger partial charge in [0.05, 0.1) is 0 Å². The third-order valence-corrected chi connectivity index (χ3v) is 0. The van der Waals surface area contributed by atoms with Crippen LogP contribution in [-0.4, -0.2) is 75.4 Å². The molecule has 0 aliphatic heterocycles. The van der Waals surface area contributed by atoms with Gasteiger partial charge in [-0.25, -0.2) is 25.3 Å². The zero-order chi connectivity index (χ0) is 13.5. The number of rotatable bonds is 0. The minimum absolute atomic E-state index is 0. The summed E-state index contributed by atoms with van der Waals surface area (Å²) >= 11 is 0. The first-order valence-corrected chi connectivity index (χ1v) is 6.14. The summed E-state index contributed by atoms with van der Waals surface area (Å²) in [5.41, 5.74) is 0. The van der Waals surface area contributed by atoms with E-state index < -0.39 is 31.2 Å². The summed E-state index contributed by atoms with van der Waals surface area (Å²) in [6, 6.07) is 0. The average Bonchev–Trinajstić information content (AvgIpc) is 1.41. The Labute approximate surface area is 107 Å². The third-order valence-electron chi connectivity index (χ3n) is 0. The Morgan fingerprint density at radius 1 is 0.588 bits per heavy atom. The van der Waals surface area contributed by atoms with E-state index in [1.807, 2.05) is 0 Å². The molecule has 0 aromatic heterocycles. The van der Waals surface area contributed by atoms with E-state index in [-0.39, 0.29) is 22.8 Å². The average molecular weight is 336 g/mol. The van der Waals surface area contributed by atoms with E-state index in [2.05, 4.69) is 0 Å². The third kappa shape index (κ3) is 305000. The van der Waals surface area contributed by atoms with Gasteiger partial charge in [-0.15, -0.1) is 0 Å². The monoisotopic (exact) mass is 336 g/mol. The zero-order valence-electron chi connectivity index (χ0n) is 7.32. The van der Waals surface area contributed by atoms with Gasteiger partial charge in [0.25, 0.3) is 0 Å². The second kappa shape index (κ2) is 11.2. The molecule has 17 heteroatoms. The fourth-order valence-corrected chi connectivity index (χ4v) is 0. The summed E-state index contributed by atoms with van der Waals surface area (Å²) in [6.45, 7) is 0. The van der Waals surface area contributed by atoms with E-state index in [1.54, 1.807) is 0 Å². The Bertz CT molecular complexity index is 338. The molecular formula is H5AlO13S3. The fraction of sp³-hybridized carbons (Fsp3) is 0. The molecule has 13 nitrogen and oxygen atoms in total. The van der Waals surface area contributed by atoms with Gasteiger partial charge in [0.1, 0.15) is 0 Å². The van der Waals surface area contributed by atoms with Crippen LogP contribution >= 0.6 is 0 Å². The quantitative estimate of drug-likeness (QED) is 0.216. The SMILES string of the molecule is O.O=S(=O)([O-])O.O=S(=O)([O-])O.O=S(=O)([O-])O.[Al+3]. The van der Waals surface area contributed by atoms with Crippen molar-refractivity contribution in [3.05, 3.63) is 0 Å². The molecule has 0 radical (unpaired) electrons. The maximum Gasteiger partial charge on any atom is 3.00 e. The maximum atomic E-state index is 8.63. The van der Waals surface area contributed by atoms with Crippen LogP contribution in [0.25, 0.3) is 0 Å². The van der Waals surface area contributed by atoms with Crippen LogP contribution in [0.2, 0.25) is 0 Å². The summed E-state index contributed by atoms with van der Waals surface area (Å²) in [7, 11) is -14.7. The van der Waals surface area contributed by atoms with E-state index in [0.717, 1.165) is 0 Å². The van der Waals surface area contributed by atoms with Crippen molar-refractivity contribution in [1.82, 2.24) is 0 Å². The Hall–Kier alpha value is 0.102. The zero-order valence-corrected chi connectivity index (χ0v) is 10.9. The Balaban J connectivity index is -0.0000000400. The number of hydrogen-bond donors (Lipinski definition) is 3. The van der Waals surface area contributed by atoms with Crippen LogP contribution in [-0.2, 0) is 31.2 Å². The molecule has 0 fully saturated rings. The van der Waals surface area contributed by atoms with Gasteiger partial charge < -0.3 is 19.1 Å². The van der Waals surface area contributed by atoms with Crippen molar-refractivity contribution in [3.8, 4) is 0 Å². The van der Waals surface area contributed by atoms with Crippen LogP contribution in [0, 0.1) is 0 Å². The molecule has 5 N–H and O–H groups in total. The van der Waals surface area contributed by atoms with Crippen LogP contribution in [0.3, 0.4) is 0 Å². The topological polar surface area (TPSA) is 264 Å². The molecule has 0 amide bonds. The molecule has 0 aliphatic carbocycles. The van der Waals surface area contributed by atoms with Crippen LogP contribution in [0.1, 0.15) is 0 Å². The second-order valence-electron chi connectivity index (χ2n) is 1.28. The summed E-state index contributed by atoms with van der Waals surface area (Å²) in [5, 5.41) is 0. The normalized spacial score (nSPS) is 10.2. The molecule has 0 saturated carbocycles. The fourth-order valence-electron chi connectivity index (χ4n) is 0. The van der Waals surface area contributed by atoms with E-state index in [9.17, 15) is 0 Å². The maximum absolute atomic E-state index is 8.63. The van der Waals surface area contributed by atoms with Gasteiger partial charge >= 0.3 is 17.4 Å². The molecule has 0 atom stereocenters. The van der Waals surface area contributed by atoms with Gasteiger partial charge in [0.2, 0.25) is 31.2 Å². The minimum Gasteiger partial charge on any atom is -0.726 e. The molecule has 0 heterocycles. The molecule has 0 unspecified atom stereocenters.